The number of nitrogens with two attached hydrogens (primary N) is 1. The highest BCUT2D eigenvalue weighted by atomic mass is 32.2. The summed E-state index contributed by atoms with van der Waals surface area (Å²) in [7, 11) is -3.75. The summed E-state index contributed by atoms with van der Waals surface area (Å²) in [4.78, 5) is 58.4. The van der Waals surface area contributed by atoms with Crippen LogP contribution in [0.15, 0.2) is 0 Å². The van der Waals surface area contributed by atoms with E-state index >= 15 is 0 Å². The van der Waals surface area contributed by atoms with Crippen LogP contribution in [0.25, 0.3) is 0 Å². The van der Waals surface area contributed by atoms with E-state index in [0.717, 1.165) is 44.9 Å². The predicted molar refractivity (Wildman–Crippen MR) is 180 cm³/mol. The maximum absolute atomic E-state index is 14.8. The quantitative estimate of drug-likeness (QED) is 0.286. The van der Waals surface area contributed by atoms with Crippen molar-refractivity contribution in [3.05, 3.63) is 0 Å². The van der Waals surface area contributed by atoms with E-state index in [-0.39, 0.29) is 58.4 Å². The van der Waals surface area contributed by atoms with Crippen LogP contribution >= 0.6 is 0 Å². The lowest BCUT2D eigenvalue weighted by Crippen LogP contribution is -2.50. The first-order valence-electron chi connectivity index (χ1n) is 18.5. The highest BCUT2D eigenvalue weighted by Gasteiger charge is 2.85. The van der Waals surface area contributed by atoms with E-state index < -0.39 is 50.0 Å². The molecule has 5 saturated carbocycles. The van der Waals surface area contributed by atoms with E-state index in [4.69, 9.17) is 5.73 Å². The molecule has 2 spiro atoms. The zero-order valence-corrected chi connectivity index (χ0v) is 30.5. The molecule has 47 heavy (non-hydrogen) atoms. The van der Waals surface area contributed by atoms with Crippen molar-refractivity contribution in [1.29, 1.82) is 0 Å². The maximum Gasteiger partial charge on any atom is 0.240 e. The molecule has 6 rings (SSSR count). The zero-order valence-electron chi connectivity index (χ0n) is 29.7. The summed E-state index contributed by atoms with van der Waals surface area (Å²) >= 11 is 0. The van der Waals surface area contributed by atoms with Crippen LogP contribution in [0.2, 0.25) is 0 Å². The molecule has 1 saturated heterocycles. The molecule has 1 aliphatic heterocycles. The molecule has 264 valence electrons. The fraction of sp³-hybridized carbons (Fsp3) is 0.892. The molecule has 0 aromatic heterocycles. The van der Waals surface area contributed by atoms with E-state index in [0.29, 0.717) is 38.6 Å². The number of likely N-dealkylation sites (tertiary alicyclic amines) is 1. The lowest BCUT2D eigenvalue weighted by molar-refractivity contribution is -0.146. The molecule has 9 nitrogen and oxygen atoms in total. The average Bonchev–Trinajstić information content (AvgIpc) is 3.92. The Bertz CT molecular complexity index is 1420. The van der Waals surface area contributed by atoms with Gasteiger partial charge in [0.05, 0.1) is 22.7 Å². The standard InChI is InChI=1S/C37H59N3O6S/c1-7-24-19-35(24,32(44)39-47(45,46)25-14-15-25)21-29(42)27-20-37(34(5,6)36(37)16-11-17-36)22-40(27)31(43)26(33(2,3)4)18-28(41)30(38)23-12-9-8-10-13-23/h23-27,30H,7-22,38H2,1-6H3,(H,39,44)/t24-,26-,27+,30+,35-,37-/m1/s1. The summed E-state index contributed by atoms with van der Waals surface area (Å²) in [5.74, 6) is -1.49. The molecule has 0 radical (unpaired) electrons. The van der Waals surface area contributed by atoms with Crippen LogP contribution in [0.5, 0.6) is 0 Å². The lowest BCUT2D eigenvalue weighted by atomic mass is 9.73. The third-order valence-electron chi connectivity index (χ3n) is 14.6. The number of nitrogens with zero attached hydrogens (tertiary/aromatic N) is 1. The maximum atomic E-state index is 14.8. The molecule has 0 bridgehead atoms. The fourth-order valence-corrected chi connectivity index (χ4v) is 12.2. The Morgan fingerprint density at radius 1 is 0.936 bits per heavy atom. The molecule has 6 aliphatic rings. The summed E-state index contributed by atoms with van der Waals surface area (Å²) in [6.07, 6.45) is 11.3. The van der Waals surface area contributed by atoms with Gasteiger partial charge in [-0.25, -0.2) is 8.42 Å². The van der Waals surface area contributed by atoms with Crippen LogP contribution in [-0.2, 0) is 29.2 Å². The van der Waals surface area contributed by atoms with Gasteiger partial charge < -0.3 is 10.6 Å². The van der Waals surface area contributed by atoms with Crippen LogP contribution in [0.3, 0.4) is 0 Å². The predicted octanol–water partition coefficient (Wildman–Crippen LogP) is 5.30. The van der Waals surface area contributed by atoms with E-state index in [2.05, 4.69) is 18.6 Å². The van der Waals surface area contributed by atoms with E-state index in [1.165, 1.54) is 6.42 Å². The van der Waals surface area contributed by atoms with Gasteiger partial charge in [0, 0.05) is 30.7 Å². The number of rotatable bonds is 12. The molecular weight excluding hydrogens is 614 g/mol. The normalized spacial score (nSPS) is 34.1. The van der Waals surface area contributed by atoms with E-state index in [9.17, 15) is 27.6 Å². The number of hydrogen-bond acceptors (Lipinski definition) is 7. The third-order valence-corrected chi connectivity index (χ3v) is 16.4. The van der Waals surface area contributed by atoms with Crippen LogP contribution in [0, 0.1) is 44.8 Å². The largest absolute Gasteiger partial charge is 0.332 e. The number of ketones is 2. The second-order valence-corrected chi connectivity index (χ2v) is 20.1. The molecule has 0 aromatic rings. The van der Waals surface area contributed by atoms with Gasteiger partial charge in [-0.05, 0) is 79.4 Å². The Morgan fingerprint density at radius 3 is 2.06 bits per heavy atom. The van der Waals surface area contributed by atoms with Gasteiger partial charge in [0.15, 0.2) is 11.6 Å². The number of nitrogens with one attached hydrogen (secondary N) is 1. The molecule has 6 atom stereocenters. The first-order chi connectivity index (χ1) is 21.9. The summed E-state index contributed by atoms with van der Waals surface area (Å²) in [6.45, 7) is 13.0. The number of hydrogen-bond donors (Lipinski definition) is 2. The number of sulfonamides is 1. The van der Waals surface area contributed by atoms with Crippen molar-refractivity contribution in [1.82, 2.24) is 9.62 Å². The van der Waals surface area contributed by atoms with Crippen molar-refractivity contribution in [3.8, 4) is 0 Å². The fourth-order valence-electron chi connectivity index (χ4n) is 10.8. The van der Waals surface area contributed by atoms with Crippen LogP contribution < -0.4 is 10.5 Å². The first kappa shape index (κ1) is 35.0. The van der Waals surface area contributed by atoms with Gasteiger partial charge in [0.1, 0.15) is 0 Å². The molecule has 5 aliphatic carbocycles. The Kier molecular flexibility index (Phi) is 8.67. The summed E-state index contributed by atoms with van der Waals surface area (Å²) in [5, 5.41) is -0.528. The average molecular weight is 674 g/mol. The molecule has 10 heteroatoms. The van der Waals surface area contributed by atoms with Gasteiger partial charge in [0.2, 0.25) is 21.8 Å². The van der Waals surface area contributed by atoms with Gasteiger partial charge >= 0.3 is 0 Å². The van der Waals surface area contributed by atoms with Crippen molar-refractivity contribution in [2.24, 2.45) is 50.6 Å². The number of Topliss-reactive ketones (excluding diaryl/α,β-unsaturated/α-hetero) is 2. The van der Waals surface area contributed by atoms with Crippen molar-refractivity contribution >= 4 is 33.4 Å². The number of carbonyl (C=O) groups excluding carboxylic acids is 4. The molecule has 0 unspecified atom stereocenters. The Morgan fingerprint density at radius 2 is 1.57 bits per heavy atom. The molecular formula is C37H59N3O6S. The van der Waals surface area contributed by atoms with Crippen molar-refractivity contribution in [3.63, 3.8) is 0 Å². The number of amides is 2. The third kappa shape index (κ3) is 5.54. The molecule has 0 aromatic carbocycles. The van der Waals surface area contributed by atoms with Crippen molar-refractivity contribution < 1.29 is 27.6 Å². The first-order valence-corrected chi connectivity index (χ1v) is 20.1. The van der Waals surface area contributed by atoms with Crippen LogP contribution in [0.4, 0.5) is 0 Å². The van der Waals surface area contributed by atoms with Crippen LogP contribution in [0.1, 0.15) is 138 Å². The van der Waals surface area contributed by atoms with E-state index in [1.54, 1.807) is 4.90 Å². The van der Waals surface area contributed by atoms with Gasteiger partial charge in [-0.1, -0.05) is 73.6 Å². The SMILES string of the molecule is CC[C@@H]1C[C@]1(CC(=O)[C@@H]1C[C@@]2(CN1C(=O)[C@@H](CC(=O)[C@@H](N)C1CCCCC1)C(C)(C)C)C(C)(C)C21CCC1)C(=O)NS(=O)(=O)C1CC1. The van der Waals surface area contributed by atoms with Crippen LogP contribution in [-0.4, -0.2) is 60.6 Å². The summed E-state index contributed by atoms with van der Waals surface area (Å²) in [6, 6.07) is -1.28. The second kappa shape index (κ2) is 11.6. The number of fused-ring (bicyclic) bond motifs is 1. The van der Waals surface area contributed by atoms with Gasteiger partial charge in [0.25, 0.3) is 0 Å². The van der Waals surface area contributed by atoms with Gasteiger partial charge in [-0.15, -0.1) is 0 Å². The Labute approximate surface area is 282 Å². The highest BCUT2D eigenvalue weighted by molar-refractivity contribution is 7.90. The zero-order chi connectivity index (χ0) is 34.4. The molecule has 6 fully saturated rings. The van der Waals surface area contributed by atoms with Gasteiger partial charge in [-0.3, -0.25) is 23.9 Å². The summed E-state index contributed by atoms with van der Waals surface area (Å²) in [5.41, 5.74) is 4.85. The number of carbonyl (C=O) groups is 4. The molecule has 1 heterocycles. The monoisotopic (exact) mass is 673 g/mol. The Hall–Kier alpha value is -1.81. The minimum Gasteiger partial charge on any atom is -0.332 e. The minimum absolute atomic E-state index is 0.0267. The summed E-state index contributed by atoms with van der Waals surface area (Å²) < 4.78 is 27.8. The van der Waals surface area contributed by atoms with Crippen molar-refractivity contribution in [2.75, 3.05) is 6.54 Å². The minimum atomic E-state index is -3.75. The molecule has 2 amide bonds. The highest BCUT2D eigenvalue weighted by Crippen LogP contribution is 2.88. The molecule has 3 N–H and O–H groups in total. The topological polar surface area (TPSA) is 144 Å². The lowest BCUT2D eigenvalue weighted by Gasteiger charge is -2.36. The smallest absolute Gasteiger partial charge is 0.240 e. The Balaban J connectivity index is 1.26. The van der Waals surface area contributed by atoms with E-state index in [1.807, 2.05) is 27.7 Å². The second-order valence-electron chi connectivity index (χ2n) is 18.1. The van der Waals surface area contributed by atoms with Crippen molar-refractivity contribution in [2.45, 2.75) is 155 Å². The van der Waals surface area contributed by atoms with Gasteiger partial charge in [-0.2, -0.15) is 0 Å².